The molecule has 2 aromatic rings. The highest BCUT2D eigenvalue weighted by atomic mass is 16.6. The van der Waals surface area contributed by atoms with Crippen molar-refractivity contribution in [3.8, 4) is 11.6 Å². The molecule has 210 valence electrons. The Morgan fingerprint density at radius 2 is 1.77 bits per heavy atom. The molecule has 3 fully saturated rings. The molecule has 0 spiro atoms. The van der Waals surface area contributed by atoms with Gasteiger partial charge in [0.05, 0.1) is 32.2 Å². The van der Waals surface area contributed by atoms with Gasteiger partial charge in [-0.1, -0.05) is 0 Å². The molecule has 11 nitrogen and oxygen atoms in total. The highest BCUT2D eigenvalue weighted by Gasteiger charge is 2.27. The molecule has 0 unspecified atom stereocenters. The molecule has 0 bridgehead atoms. The number of anilines is 2. The second-order valence-corrected chi connectivity index (χ2v) is 10.9. The summed E-state index contributed by atoms with van der Waals surface area (Å²) in [7, 11) is 0. The van der Waals surface area contributed by atoms with Crippen molar-refractivity contribution in [3.05, 3.63) is 30.2 Å². The molecule has 1 aliphatic carbocycles. The van der Waals surface area contributed by atoms with Gasteiger partial charge in [-0.2, -0.15) is 0 Å². The van der Waals surface area contributed by atoms with Crippen LogP contribution in [0.4, 0.5) is 16.4 Å². The molecule has 5 heterocycles. The van der Waals surface area contributed by atoms with Gasteiger partial charge in [0.1, 0.15) is 17.4 Å². The summed E-state index contributed by atoms with van der Waals surface area (Å²) in [5.41, 5.74) is 1.27. The largest absolute Gasteiger partial charge is 0.493 e. The highest BCUT2D eigenvalue weighted by Crippen LogP contribution is 2.32. The number of carbonyl (C=O) groups excluding carboxylic acids is 1. The fourth-order valence-electron chi connectivity index (χ4n) is 6.12. The van der Waals surface area contributed by atoms with Crippen LogP contribution in [0.2, 0.25) is 0 Å². The minimum atomic E-state index is -0.449. The molecule has 0 radical (unpaired) electrons. The molecule has 2 aromatic heterocycles. The summed E-state index contributed by atoms with van der Waals surface area (Å²) in [6, 6.07) is 2.14. The van der Waals surface area contributed by atoms with Crippen LogP contribution in [0.15, 0.2) is 24.7 Å². The van der Waals surface area contributed by atoms with Gasteiger partial charge in [-0.05, 0) is 50.6 Å². The van der Waals surface area contributed by atoms with Crippen LogP contribution in [0, 0.1) is 5.92 Å². The number of nitrogens with one attached hydrogen (secondary N) is 1. The fourth-order valence-corrected chi connectivity index (χ4v) is 6.12. The van der Waals surface area contributed by atoms with Gasteiger partial charge in [0.2, 0.25) is 5.88 Å². The van der Waals surface area contributed by atoms with E-state index in [1.807, 2.05) is 12.3 Å². The third-order valence-corrected chi connectivity index (χ3v) is 8.44. The zero-order valence-electron chi connectivity index (χ0n) is 22.6. The van der Waals surface area contributed by atoms with Crippen LogP contribution in [0.1, 0.15) is 37.7 Å². The lowest BCUT2D eigenvalue weighted by atomic mass is 9.84. The quantitative estimate of drug-likeness (QED) is 0.566. The number of pyridine rings is 1. The van der Waals surface area contributed by atoms with Crippen LogP contribution in [-0.2, 0) is 11.2 Å². The fraction of sp³-hybridized carbons (Fsp3) is 0.643. The molecule has 11 heteroatoms. The summed E-state index contributed by atoms with van der Waals surface area (Å²) in [4.78, 5) is 32.9. The van der Waals surface area contributed by atoms with E-state index in [1.165, 1.54) is 18.2 Å². The average molecular weight is 538 g/mol. The Hall–Kier alpha value is -3.18. The van der Waals surface area contributed by atoms with Gasteiger partial charge < -0.3 is 29.3 Å². The van der Waals surface area contributed by atoms with Gasteiger partial charge in [-0.25, -0.2) is 19.7 Å². The number of hydrogen-bond donors (Lipinski definition) is 1. The first kappa shape index (κ1) is 26.1. The molecule has 2 saturated heterocycles. The molecule has 1 saturated carbocycles. The summed E-state index contributed by atoms with van der Waals surface area (Å²) >= 11 is 0. The second-order valence-electron chi connectivity index (χ2n) is 10.9. The number of ether oxygens (including phenoxy) is 3. The van der Waals surface area contributed by atoms with Gasteiger partial charge >= 0.3 is 6.09 Å². The third-order valence-electron chi connectivity index (χ3n) is 8.44. The number of morpholine rings is 1. The normalized spacial score (nSPS) is 23.7. The average Bonchev–Trinajstić information content (AvgIpc) is 3.47. The SMILES string of the molecule is O=C(NC1CCC(CCN2CCN(c3nccc4c3CCO4)CC2)CC1)Oc1cnc(N2CCOCC2)cn1. The Morgan fingerprint density at radius 1 is 0.949 bits per heavy atom. The van der Waals surface area contributed by atoms with Gasteiger partial charge in [0.25, 0.3) is 0 Å². The van der Waals surface area contributed by atoms with Crippen LogP contribution < -0.4 is 24.6 Å². The van der Waals surface area contributed by atoms with Crippen molar-refractivity contribution in [2.45, 2.75) is 44.6 Å². The standard InChI is InChI=1S/C28H39N7O4/c36-28(39-26-20-30-25(19-31-26)34-14-17-37-18-15-34)32-22-3-1-21(2-4-22)6-9-33-10-12-35(13-11-33)27-23-7-16-38-24(23)5-8-29-27/h5,8,19-22H,1-4,6-7,9-18H2,(H,32,36). The maximum atomic E-state index is 12.4. The number of aromatic nitrogens is 3. The zero-order chi connectivity index (χ0) is 26.4. The van der Waals surface area contributed by atoms with E-state index in [9.17, 15) is 4.79 Å². The maximum absolute atomic E-state index is 12.4. The topological polar surface area (TPSA) is 105 Å². The molecule has 6 rings (SSSR count). The van der Waals surface area contributed by atoms with Crippen molar-refractivity contribution in [2.24, 2.45) is 5.92 Å². The lowest BCUT2D eigenvalue weighted by Gasteiger charge is -2.37. The molecule has 0 atom stereocenters. The Balaban J connectivity index is 0.874. The minimum absolute atomic E-state index is 0.155. The predicted molar refractivity (Wildman–Crippen MR) is 147 cm³/mol. The first-order valence-corrected chi connectivity index (χ1v) is 14.4. The van der Waals surface area contributed by atoms with Crippen molar-refractivity contribution >= 4 is 17.7 Å². The van der Waals surface area contributed by atoms with Crippen molar-refractivity contribution in [2.75, 3.05) is 75.4 Å². The van der Waals surface area contributed by atoms with Crippen LogP contribution in [-0.4, -0.2) is 97.6 Å². The first-order chi connectivity index (χ1) is 19.2. The predicted octanol–water partition coefficient (Wildman–Crippen LogP) is 2.50. The Labute approximate surface area is 229 Å². The summed E-state index contributed by atoms with van der Waals surface area (Å²) in [6.07, 6.45) is 11.0. The number of carbonyl (C=O) groups is 1. The maximum Gasteiger partial charge on any atom is 0.414 e. The lowest BCUT2D eigenvalue weighted by Crippen LogP contribution is -2.47. The first-order valence-electron chi connectivity index (χ1n) is 14.4. The van der Waals surface area contributed by atoms with Gasteiger partial charge in [0, 0.05) is 63.5 Å². The monoisotopic (exact) mass is 537 g/mol. The Morgan fingerprint density at radius 3 is 2.54 bits per heavy atom. The number of piperazine rings is 1. The van der Waals surface area contributed by atoms with Crippen molar-refractivity contribution in [1.29, 1.82) is 0 Å². The van der Waals surface area contributed by atoms with Crippen LogP contribution >= 0.6 is 0 Å². The second kappa shape index (κ2) is 12.3. The van der Waals surface area contributed by atoms with E-state index in [0.717, 1.165) is 102 Å². The van der Waals surface area contributed by atoms with E-state index in [0.29, 0.717) is 19.1 Å². The Bertz CT molecular complexity index is 1100. The molecule has 39 heavy (non-hydrogen) atoms. The number of amides is 1. The van der Waals surface area contributed by atoms with Crippen LogP contribution in [0.3, 0.4) is 0 Å². The van der Waals surface area contributed by atoms with Crippen molar-refractivity contribution < 1.29 is 19.0 Å². The molecule has 1 amide bonds. The van der Waals surface area contributed by atoms with Crippen LogP contribution in [0.5, 0.6) is 11.6 Å². The molecule has 1 N–H and O–H groups in total. The smallest absolute Gasteiger partial charge is 0.414 e. The van der Waals surface area contributed by atoms with Crippen LogP contribution in [0.25, 0.3) is 0 Å². The molecular formula is C28H39N7O4. The van der Waals surface area contributed by atoms with E-state index >= 15 is 0 Å². The van der Waals surface area contributed by atoms with Gasteiger partial charge in [-0.15, -0.1) is 0 Å². The van der Waals surface area contributed by atoms with E-state index in [1.54, 1.807) is 6.20 Å². The van der Waals surface area contributed by atoms with Crippen molar-refractivity contribution in [1.82, 2.24) is 25.2 Å². The minimum Gasteiger partial charge on any atom is -0.493 e. The van der Waals surface area contributed by atoms with E-state index in [-0.39, 0.29) is 11.9 Å². The van der Waals surface area contributed by atoms with E-state index < -0.39 is 6.09 Å². The van der Waals surface area contributed by atoms with Gasteiger partial charge in [0.15, 0.2) is 0 Å². The number of fused-ring (bicyclic) bond motifs is 1. The van der Waals surface area contributed by atoms with E-state index in [2.05, 4.69) is 35.0 Å². The van der Waals surface area contributed by atoms with Crippen molar-refractivity contribution in [3.63, 3.8) is 0 Å². The van der Waals surface area contributed by atoms with E-state index in [4.69, 9.17) is 14.2 Å². The number of rotatable bonds is 7. The number of nitrogens with zero attached hydrogens (tertiary/aromatic N) is 6. The lowest BCUT2D eigenvalue weighted by molar-refractivity contribution is 0.122. The summed E-state index contributed by atoms with van der Waals surface area (Å²) in [5.74, 6) is 3.84. The Kier molecular flexibility index (Phi) is 8.24. The molecule has 0 aromatic carbocycles. The summed E-state index contributed by atoms with van der Waals surface area (Å²) in [5, 5.41) is 3.02. The molecular weight excluding hydrogens is 498 g/mol. The third kappa shape index (κ3) is 6.52. The zero-order valence-corrected chi connectivity index (χ0v) is 22.6. The molecule has 4 aliphatic rings. The summed E-state index contributed by atoms with van der Waals surface area (Å²) in [6.45, 7) is 9.04. The number of hydrogen-bond acceptors (Lipinski definition) is 10. The summed E-state index contributed by atoms with van der Waals surface area (Å²) < 4.78 is 16.5. The highest BCUT2D eigenvalue weighted by molar-refractivity contribution is 5.70. The molecule has 3 aliphatic heterocycles. The van der Waals surface area contributed by atoms with Gasteiger partial charge in [-0.3, -0.25) is 4.90 Å².